The minimum absolute atomic E-state index is 0.0233. The first kappa shape index (κ1) is 16.0. The number of fused-ring (bicyclic) bond motifs is 1. The fraction of sp³-hybridized carbons (Fsp3) is 0.235. The highest BCUT2D eigenvalue weighted by Gasteiger charge is 2.12. The summed E-state index contributed by atoms with van der Waals surface area (Å²) in [5.74, 6) is 1.82. The summed E-state index contributed by atoms with van der Waals surface area (Å²) < 4.78 is 11.0. The fourth-order valence-corrected chi connectivity index (χ4v) is 3.13. The first-order chi connectivity index (χ1) is 11.2. The Hall–Kier alpha value is -1.85. The van der Waals surface area contributed by atoms with Gasteiger partial charge in [0, 0.05) is 16.5 Å². The van der Waals surface area contributed by atoms with Crippen LogP contribution >= 0.6 is 23.4 Å². The average molecular weight is 350 g/mol. The molecule has 3 rings (SSSR count). The SMILES string of the molecule is O=C(CSc1ccc2c(c1)OCCO2)NCc1cccc(Cl)c1. The predicted octanol–water partition coefficient (Wildman–Crippen LogP) is 3.52. The van der Waals surface area contributed by atoms with E-state index in [0.717, 1.165) is 22.0 Å². The highest BCUT2D eigenvalue weighted by Crippen LogP contribution is 2.34. The van der Waals surface area contributed by atoms with Gasteiger partial charge in [-0.1, -0.05) is 23.7 Å². The topological polar surface area (TPSA) is 47.6 Å². The van der Waals surface area contributed by atoms with Crippen LogP contribution in [0.25, 0.3) is 0 Å². The highest BCUT2D eigenvalue weighted by atomic mass is 35.5. The van der Waals surface area contributed by atoms with Crippen LogP contribution in [0.3, 0.4) is 0 Å². The summed E-state index contributed by atoms with van der Waals surface area (Å²) in [5, 5.41) is 3.55. The van der Waals surface area contributed by atoms with Crippen LogP contribution < -0.4 is 14.8 Å². The van der Waals surface area contributed by atoms with Gasteiger partial charge in [0.1, 0.15) is 13.2 Å². The average Bonchev–Trinajstić information content (AvgIpc) is 2.58. The first-order valence-electron chi connectivity index (χ1n) is 7.24. The standard InChI is InChI=1S/C17H16ClNO3S/c18-13-3-1-2-12(8-13)10-19-17(20)11-23-14-4-5-15-16(9-14)22-7-6-21-15/h1-5,8-9H,6-7,10-11H2,(H,19,20). The summed E-state index contributed by atoms with van der Waals surface area (Å²) in [7, 11) is 0. The van der Waals surface area contributed by atoms with Crippen molar-refractivity contribution in [3.05, 3.63) is 53.1 Å². The summed E-state index contributed by atoms with van der Waals surface area (Å²) >= 11 is 7.39. The van der Waals surface area contributed by atoms with Crippen LogP contribution in [-0.4, -0.2) is 24.9 Å². The van der Waals surface area contributed by atoms with Gasteiger partial charge in [-0.15, -0.1) is 11.8 Å². The molecule has 0 spiro atoms. The molecule has 0 unspecified atom stereocenters. The molecule has 1 N–H and O–H groups in total. The maximum atomic E-state index is 11.9. The molecule has 0 aromatic heterocycles. The number of carbonyl (C=O) groups is 1. The highest BCUT2D eigenvalue weighted by molar-refractivity contribution is 8.00. The van der Waals surface area contributed by atoms with Crippen molar-refractivity contribution in [3.63, 3.8) is 0 Å². The number of nitrogens with one attached hydrogen (secondary N) is 1. The van der Waals surface area contributed by atoms with Crippen LogP contribution in [0.15, 0.2) is 47.4 Å². The van der Waals surface area contributed by atoms with Crippen LogP contribution in [0.2, 0.25) is 5.02 Å². The van der Waals surface area contributed by atoms with Crippen molar-refractivity contribution < 1.29 is 14.3 Å². The number of hydrogen-bond donors (Lipinski definition) is 1. The number of carbonyl (C=O) groups excluding carboxylic acids is 1. The number of rotatable bonds is 5. The van der Waals surface area contributed by atoms with Gasteiger partial charge in [-0.05, 0) is 35.9 Å². The van der Waals surface area contributed by atoms with E-state index in [9.17, 15) is 4.79 Å². The third-order valence-corrected chi connectivity index (χ3v) is 4.49. The number of benzene rings is 2. The molecule has 2 aromatic rings. The number of ether oxygens (including phenoxy) is 2. The lowest BCUT2D eigenvalue weighted by Crippen LogP contribution is -2.24. The van der Waals surface area contributed by atoms with E-state index in [0.29, 0.717) is 30.5 Å². The molecule has 0 saturated heterocycles. The Labute approximate surface area is 144 Å². The zero-order valence-electron chi connectivity index (χ0n) is 12.4. The largest absolute Gasteiger partial charge is 0.486 e. The van der Waals surface area contributed by atoms with Gasteiger partial charge in [-0.25, -0.2) is 0 Å². The van der Waals surface area contributed by atoms with Crippen molar-refractivity contribution in [1.29, 1.82) is 0 Å². The van der Waals surface area contributed by atoms with Gasteiger partial charge in [0.25, 0.3) is 0 Å². The quantitative estimate of drug-likeness (QED) is 0.839. The van der Waals surface area contributed by atoms with E-state index in [1.54, 1.807) is 0 Å². The Morgan fingerprint density at radius 3 is 2.78 bits per heavy atom. The summed E-state index contributed by atoms with van der Waals surface area (Å²) in [6.07, 6.45) is 0. The second kappa shape index (κ2) is 7.62. The van der Waals surface area contributed by atoms with E-state index in [1.165, 1.54) is 11.8 Å². The lowest BCUT2D eigenvalue weighted by Gasteiger charge is -2.18. The molecular formula is C17H16ClNO3S. The van der Waals surface area contributed by atoms with Crippen LogP contribution in [0.1, 0.15) is 5.56 Å². The van der Waals surface area contributed by atoms with Crippen molar-refractivity contribution in [2.24, 2.45) is 0 Å². The Kier molecular flexibility index (Phi) is 5.31. The molecule has 2 aromatic carbocycles. The van der Waals surface area contributed by atoms with Crippen LogP contribution in [0, 0.1) is 0 Å². The lowest BCUT2D eigenvalue weighted by molar-refractivity contribution is -0.118. The normalized spacial score (nSPS) is 12.7. The molecule has 120 valence electrons. The van der Waals surface area contributed by atoms with E-state index in [2.05, 4.69) is 5.32 Å². The number of halogens is 1. The second-order valence-corrected chi connectivity index (χ2v) is 6.49. The minimum Gasteiger partial charge on any atom is -0.486 e. The summed E-state index contributed by atoms with van der Waals surface area (Å²) in [4.78, 5) is 12.9. The third kappa shape index (κ3) is 4.56. The summed E-state index contributed by atoms with van der Waals surface area (Å²) in [5.41, 5.74) is 0.982. The van der Waals surface area contributed by atoms with E-state index in [-0.39, 0.29) is 5.91 Å². The Morgan fingerprint density at radius 2 is 1.96 bits per heavy atom. The molecule has 1 aliphatic rings. The molecule has 0 fully saturated rings. The van der Waals surface area contributed by atoms with Gasteiger partial charge in [0.15, 0.2) is 11.5 Å². The van der Waals surface area contributed by atoms with Gasteiger partial charge >= 0.3 is 0 Å². The summed E-state index contributed by atoms with van der Waals surface area (Å²) in [6, 6.07) is 13.2. The molecule has 0 saturated carbocycles. The maximum absolute atomic E-state index is 11.9. The molecule has 1 heterocycles. The van der Waals surface area contributed by atoms with Gasteiger partial charge in [-0.2, -0.15) is 0 Å². The monoisotopic (exact) mass is 349 g/mol. The maximum Gasteiger partial charge on any atom is 0.230 e. The van der Waals surface area contributed by atoms with E-state index >= 15 is 0 Å². The van der Waals surface area contributed by atoms with Gasteiger partial charge in [0.05, 0.1) is 5.75 Å². The number of amides is 1. The smallest absolute Gasteiger partial charge is 0.230 e. The molecule has 0 bridgehead atoms. The van der Waals surface area contributed by atoms with Crippen LogP contribution in [0.5, 0.6) is 11.5 Å². The Morgan fingerprint density at radius 1 is 1.13 bits per heavy atom. The van der Waals surface area contributed by atoms with Crippen molar-refractivity contribution in [1.82, 2.24) is 5.32 Å². The molecule has 0 radical (unpaired) electrons. The lowest BCUT2D eigenvalue weighted by atomic mass is 10.2. The van der Waals surface area contributed by atoms with Crippen LogP contribution in [-0.2, 0) is 11.3 Å². The first-order valence-corrected chi connectivity index (χ1v) is 8.61. The Balaban J connectivity index is 1.49. The molecule has 23 heavy (non-hydrogen) atoms. The van der Waals surface area contributed by atoms with Crippen molar-refractivity contribution >= 4 is 29.3 Å². The minimum atomic E-state index is -0.0233. The Bertz CT molecular complexity index is 708. The third-order valence-electron chi connectivity index (χ3n) is 3.26. The molecule has 6 heteroatoms. The van der Waals surface area contributed by atoms with E-state index in [1.807, 2.05) is 42.5 Å². The molecule has 1 aliphatic heterocycles. The summed E-state index contributed by atoms with van der Waals surface area (Å²) in [6.45, 7) is 1.60. The van der Waals surface area contributed by atoms with E-state index < -0.39 is 0 Å². The van der Waals surface area contributed by atoms with E-state index in [4.69, 9.17) is 21.1 Å². The molecule has 0 aliphatic carbocycles. The van der Waals surface area contributed by atoms with Crippen molar-refractivity contribution in [2.75, 3.05) is 19.0 Å². The van der Waals surface area contributed by atoms with Crippen molar-refractivity contribution in [3.8, 4) is 11.5 Å². The number of thioether (sulfide) groups is 1. The molecule has 0 atom stereocenters. The molecule has 1 amide bonds. The zero-order chi connectivity index (χ0) is 16.1. The zero-order valence-corrected chi connectivity index (χ0v) is 14.0. The van der Waals surface area contributed by atoms with Gasteiger partial charge in [0.2, 0.25) is 5.91 Å². The number of hydrogen-bond acceptors (Lipinski definition) is 4. The van der Waals surface area contributed by atoms with Crippen LogP contribution in [0.4, 0.5) is 0 Å². The second-order valence-electron chi connectivity index (χ2n) is 5.00. The predicted molar refractivity (Wildman–Crippen MR) is 91.5 cm³/mol. The molecule has 4 nitrogen and oxygen atoms in total. The molecular weight excluding hydrogens is 334 g/mol. The van der Waals surface area contributed by atoms with Gasteiger partial charge < -0.3 is 14.8 Å². The van der Waals surface area contributed by atoms with Gasteiger partial charge in [-0.3, -0.25) is 4.79 Å². The fourth-order valence-electron chi connectivity index (χ4n) is 2.16. The van der Waals surface area contributed by atoms with Crippen molar-refractivity contribution in [2.45, 2.75) is 11.4 Å².